The van der Waals surface area contributed by atoms with Crippen LogP contribution >= 0.6 is 0 Å². The molecule has 0 saturated carbocycles. The fourth-order valence-corrected chi connectivity index (χ4v) is 9.96. The van der Waals surface area contributed by atoms with Gasteiger partial charge in [0.1, 0.15) is 51.4 Å². The predicted octanol–water partition coefficient (Wildman–Crippen LogP) is 9.92. The van der Waals surface area contributed by atoms with Crippen molar-refractivity contribution < 1.29 is 73.6 Å². The van der Waals surface area contributed by atoms with Crippen molar-refractivity contribution in [3.05, 3.63) is 212 Å². The molecule has 0 bridgehead atoms. The number of methoxy groups -OCH3 is 1. The Bertz CT molecular complexity index is 2940. The van der Waals surface area contributed by atoms with Gasteiger partial charge in [0.15, 0.2) is 34.7 Å². The van der Waals surface area contributed by atoms with Crippen LogP contribution < -0.4 is 0 Å². The zero-order chi connectivity index (χ0) is 62.1. The fraction of sp³-hybridized carbons (Fsp3) is 0.382. The summed E-state index contributed by atoms with van der Waals surface area (Å²) in [5, 5.41) is 64.3. The first-order chi connectivity index (χ1) is 38.2. The molecule has 0 unspecified atom stereocenters. The van der Waals surface area contributed by atoms with Gasteiger partial charge in [0.05, 0.1) is 18.6 Å². The molecule has 6 rings (SSSR count). The third kappa shape index (κ3) is 14.7. The number of ether oxygens (including phenoxy) is 3. The van der Waals surface area contributed by atoms with E-state index in [-0.39, 0.29) is 46.6 Å². The molecular weight excluding hydrogens is 1060 g/mol. The normalized spacial score (nSPS) is 13.1. The first kappa shape index (κ1) is 65.1. The summed E-state index contributed by atoms with van der Waals surface area (Å²) in [4.78, 5) is 80.4. The van der Waals surface area contributed by atoms with Crippen LogP contribution in [-0.4, -0.2) is 119 Å². The summed E-state index contributed by atoms with van der Waals surface area (Å²) in [6.07, 6.45) is -1.98. The van der Waals surface area contributed by atoms with E-state index in [4.69, 9.17) is 14.2 Å². The van der Waals surface area contributed by atoms with Crippen molar-refractivity contribution >= 4 is 34.7 Å². The third-order valence-electron chi connectivity index (χ3n) is 14.6. The second-order valence-corrected chi connectivity index (χ2v) is 24.8. The Morgan fingerprint density at radius 1 is 0.313 bits per heavy atom. The molecule has 15 heteroatoms. The fourth-order valence-electron chi connectivity index (χ4n) is 9.96. The van der Waals surface area contributed by atoms with Crippen molar-refractivity contribution in [2.24, 2.45) is 5.41 Å². The lowest BCUT2D eigenvalue weighted by atomic mass is 9.66. The summed E-state index contributed by atoms with van der Waals surface area (Å²) in [6, 6.07) is 39.0. The molecule has 6 N–H and O–H groups in total. The molecule has 0 heterocycles. The van der Waals surface area contributed by atoms with E-state index in [1.165, 1.54) is 90.2 Å². The standard InChI is InChI=1S/C68H78O15/c1-61(2,75)55(69)45-23-15-41(16-24-45)53(42-17-25-46(26-18-42)56(70)62(3,4)76)82-39-67(13,40-83-54(43-19-27-47(28-20-43)57(71)63(5,6)77)44-21-29-48(30-22-44)58(72)64(7,8)78)68(81-14,51-35-31-49(32-36-51)59(73)65(9,10)79)52-37-33-50(34-38-52)60(74)66(11,12)80/h15-38,53-54,75-80H,39-40H2,1-14H3. The molecule has 0 aliphatic carbocycles. The first-order valence-electron chi connectivity index (χ1n) is 27.3. The minimum absolute atomic E-state index is 0.183. The van der Waals surface area contributed by atoms with E-state index in [9.17, 15) is 59.4 Å². The van der Waals surface area contributed by atoms with Crippen LogP contribution in [0.3, 0.4) is 0 Å². The Hall–Kier alpha value is -7.02. The van der Waals surface area contributed by atoms with E-state index >= 15 is 0 Å². The molecule has 0 radical (unpaired) electrons. The molecule has 15 nitrogen and oxygen atoms in total. The Morgan fingerprint density at radius 3 is 0.639 bits per heavy atom. The second kappa shape index (κ2) is 24.3. The van der Waals surface area contributed by atoms with Crippen LogP contribution in [0.15, 0.2) is 146 Å². The number of carbonyl (C=O) groups is 6. The molecule has 6 aromatic carbocycles. The van der Waals surface area contributed by atoms with Crippen molar-refractivity contribution in [3.8, 4) is 0 Å². The number of hydrogen-bond donors (Lipinski definition) is 6. The topological polar surface area (TPSA) is 251 Å². The van der Waals surface area contributed by atoms with Gasteiger partial charge in [-0.2, -0.15) is 0 Å². The molecule has 440 valence electrons. The van der Waals surface area contributed by atoms with Crippen LogP contribution in [0.25, 0.3) is 0 Å². The van der Waals surface area contributed by atoms with E-state index in [2.05, 4.69) is 0 Å². The van der Waals surface area contributed by atoms with Gasteiger partial charge >= 0.3 is 0 Å². The van der Waals surface area contributed by atoms with Crippen LogP contribution in [0.1, 0.15) is 198 Å². The maximum absolute atomic E-state index is 13.6. The Balaban J connectivity index is 1.64. The Labute approximate surface area is 485 Å². The molecule has 0 aliphatic heterocycles. The zero-order valence-corrected chi connectivity index (χ0v) is 49.8. The van der Waals surface area contributed by atoms with Gasteiger partial charge in [-0.3, -0.25) is 28.8 Å². The number of carbonyl (C=O) groups excluding carboxylic acids is 6. The largest absolute Gasteiger partial charge is 0.382 e. The highest BCUT2D eigenvalue weighted by molar-refractivity contribution is 6.04. The van der Waals surface area contributed by atoms with E-state index in [1.807, 2.05) is 6.92 Å². The number of aliphatic hydroxyl groups is 6. The zero-order valence-electron chi connectivity index (χ0n) is 49.8. The quantitative estimate of drug-likeness (QED) is 0.0277. The Kier molecular flexibility index (Phi) is 19.1. The van der Waals surface area contributed by atoms with E-state index in [0.717, 1.165) is 0 Å². The summed E-state index contributed by atoms with van der Waals surface area (Å²) in [5.74, 6) is -3.22. The summed E-state index contributed by atoms with van der Waals surface area (Å²) in [7, 11) is 1.48. The van der Waals surface area contributed by atoms with E-state index in [0.29, 0.717) is 33.4 Å². The van der Waals surface area contributed by atoms with Gasteiger partial charge in [-0.1, -0.05) is 153 Å². The molecular formula is C68H78O15. The summed E-state index contributed by atoms with van der Waals surface area (Å²) >= 11 is 0. The number of benzene rings is 6. The lowest BCUT2D eigenvalue weighted by Gasteiger charge is -2.49. The van der Waals surface area contributed by atoms with Gasteiger partial charge in [-0.05, 0) is 116 Å². The molecule has 0 fully saturated rings. The maximum atomic E-state index is 13.6. The van der Waals surface area contributed by atoms with Gasteiger partial charge < -0.3 is 44.8 Å². The highest BCUT2D eigenvalue weighted by Gasteiger charge is 2.53. The second-order valence-electron chi connectivity index (χ2n) is 24.8. The molecule has 0 amide bonds. The van der Waals surface area contributed by atoms with Gasteiger partial charge in [-0.15, -0.1) is 0 Å². The smallest absolute Gasteiger partial charge is 0.193 e. The molecule has 0 aromatic heterocycles. The molecule has 0 spiro atoms. The molecule has 83 heavy (non-hydrogen) atoms. The van der Waals surface area contributed by atoms with Crippen LogP contribution in [0.4, 0.5) is 0 Å². The monoisotopic (exact) mass is 1130 g/mol. The van der Waals surface area contributed by atoms with Crippen molar-refractivity contribution in [1.82, 2.24) is 0 Å². The Morgan fingerprint density at radius 2 is 0.482 bits per heavy atom. The summed E-state index contributed by atoms with van der Waals surface area (Å²) in [6.45, 7) is 17.9. The predicted molar refractivity (Wildman–Crippen MR) is 314 cm³/mol. The van der Waals surface area contributed by atoms with Crippen molar-refractivity contribution in [2.75, 3.05) is 20.3 Å². The van der Waals surface area contributed by atoms with Gasteiger partial charge in [0, 0.05) is 40.5 Å². The third-order valence-corrected chi connectivity index (χ3v) is 14.6. The minimum atomic E-state index is -1.73. The van der Waals surface area contributed by atoms with Gasteiger partial charge in [-0.25, -0.2) is 0 Å². The number of ketones is 6. The molecule has 0 aliphatic rings. The number of Topliss-reactive ketones (excluding diaryl/α,β-unsaturated/α-hetero) is 6. The van der Waals surface area contributed by atoms with E-state index in [1.54, 1.807) is 146 Å². The average Bonchev–Trinajstić information content (AvgIpc) is 3.56. The van der Waals surface area contributed by atoms with Crippen LogP contribution in [0.2, 0.25) is 0 Å². The maximum Gasteiger partial charge on any atom is 0.193 e. The minimum Gasteiger partial charge on any atom is -0.382 e. The number of rotatable bonds is 26. The van der Waals surface area contributed by atoms with Gasteiger partial charge in [0.25, 0.3) is 0 Å². The van der Waals surface area contributed by atoms with Crippen molar-refractivity contribution in [2.45, 2.75) is 141 Å². The average molecular weight is 1140 g/mol. The van der Waals surface area contributed by atoms with E-state index < -0.39 is 91.5 Å². The van der Waals surface area contributed by atoms with Crippen LogP contribution in [0.5, 0.6) is 0 Å². The first-order valence-corrected chi connectivity index (χ1v) is 27.3. The lowest BCUT2D eigenvalue weighted by Crippen LogP contribution is -2.52. The SMILES string of the molecule is COC(c1ccc(C(=O)C(C)(C)O)cc1)(c1ccc(C(=O)C(C)(C)O)cc1)C(C)(COC(c1ccc(C(=O)C(C)(C)O)cc1)c1ccc(C(=O)C(C)(C)O)cc1)COC(c1ccc(C(=O)C(C)(C)O)cc1)c1ccc(C(=O)C(C)(C)O)cc1. The van der Waals surface area contributed by atoms with Crippen LogP contribution in [-0.2, 0) is 19.8 Å². The molecule has 0 saturated heterocycles. The van der Waals surface area contributed by atoms with Crippen molar-refractivity contribution in [1.29, 1.82) is 0 Å². The lowest BCUT2D eigenvalue weighted by molar-refractivity contribution is -0.159. The molecule has 6 aromatic rings. The van der Waals surface area contributed by atoms with Gasteiger partial charge in [0.2, 0.25) is 0 Å². The van der Waals surface area contributed by atoms with Crippen LogP contribution in [0, 0.1) is 5.41 Å². The summed E-state index contributed by atoms with van der Waals surface area (Å²) < 4.78 is 21.4. The highest BCUT2D eigenvalue weighted by atomic mass is 16.5. The number of hydrogen-bond acceptors (Lipinski definition) is 15. The van der Waals surface area contributed by atoms with Crippen molar-refractivity contribution in [3.63, 3.8) is 0 Å². The highest BCUT2D eigenvalue weighted by Crippen LogP contribution is 2.51. The summed E-state index contributed by atoms with van der Waals surface area (Å²) in [5.41, 5.74) is -9.10. The molecule has 0 atom stereocenters.